The summed E-state index contributed by atoms with van der Waals surface area (Å²) in [6.45, 7) is 0. The lowest BCUT2D eigenvalue weighted by molar-refractivity contribution is 1.50. The lowest BCUT2D eigenvalue weighted by Crippen LogP contribution is -1.61. The number of hydrogen-bond acceptors (Lipinski definition) is 7. The number of fused-ring (bicyclic) bond motifs is 4. The number of rotatable bonds is 0. The van der Waals surface area contributed by atoms with Crippen molar-refractivity contribution in [2.45, 2.75) is 0 Å². The molecule has 0 N–H and O–H groups in total. The van der Waals surface area contributed by atoms with E-state index < -0.39 is 0 Å². The molecular weight excluding hydrogens is 531 g/mol. The number of benzene rings is 2. The minimum Gasteiger partial charge on any atom is -0.245 e. The molecule has 0 amide bonds. The summed E-state index contributed by atoms with van der Waals surface area (Å²) in [5.41, 5.74) is 2.97. The molecule has 0 aliphatic rings. The quantitative estimate of drug-likeness (QED) is 0.183. The van der Waals surface area contributed by atoms with Gasteiger partial charge in [-0.1, -0.05) is 30.3 Å². The van der Waals surface area contributed by atoms with Crippen LogP contribution >= 0.6 is 68.0 Å². The van der Waals surface area contributed by atoms with Gasteiger partial charge in [0.2, 0.25) is 0 Å². The Morgan fingerprint density at radius 3 is 1.65 bits per heavy atom. The fraction of sp³-hybridized carbons (Fsp3) is 0. The third-order valence-corrected chi connectivity index (χ3v) is 10.4. The highest BCUT2D eigenvalue weighted by atomic mass is 32.2. The molecule has 0 fully saturated rings. The van der Waals surface area contributed by atoms with Crippen LogP contribution in [0.5, 0.6) is 0 Å². The second kappa shape index (κ2) is 11.8. The fourth-order valence-corrected chi connectivity index (χ4v) is 8.17. The molecule has 0 bridgehead atoms. The number of nitrogens with zero attached hydrogens (tertiary/aromatic N) is 1. The molecule has 7 heteroatoms. The molecule has 0 saturated carbocycles. The van der Waals surface area contributed by atoms with E-state index in [2.05, 4.69) is 92.5 Å². The SMILES string of the molecule is c1cc2ccsc2s1.c1cc2sccc2s1.c1ccc2sccc2c1.c1ccc2scnc2c1. The minimum atomic E-state index is 1.10. The van der Waals surface area contributed by atoms with Gasteiger partial charge in [-0.15, -0.1) is 68.0 Å². The summed E-state index contributed by atoms with van der Waals surface area (Å²) in [5, 5.41) is 13.4. The molecule has 0 aliphatic heterocycles. The van der Waals surface area contributed by atoms with Gasteiger partial charge in [0.25, 0.3) is 0 Å². The Hall–Kier alpha value is -2.39. The smallest absolute Gasteiger partial charge is 0.0864 e. The third-order valence-electron chi connectivity index (χ3n) is 4.75. The van der Waals surface area contributed by atoms with Crippen LogP contribution in [0.3, 0.4) is 0 Å². The highest BCUT2D eigenvalue weighted by Crippen LogP contribution is 2.26. The van der Waals surface area contributed by atoms with Crippen molar-refractivity contribution in [1.82, 2.24) is 4.98 Å². The topological polar surface area (TPSA) is 12.9 Å². The number of thiophene rings is 5. The van der Waals surface area contributed by atoms with Crippen molar-refractivity contribution in [2.75, 3.05) is 0 Å². The van der Waals surface area contributed by atoms with Crippen molar-refractivity contribution < 1.29 is 0 Å². The second-order valence-corrected chi connectivity index (χ2v) is 12.8. The second-order valence-electron chi connectivity index (χ2n) is 6.93. The average molecular weight is 550 g/mol. The highest BCUT2D eigenvalue weighted by Gasteiger charge is 1.92. The molecule has 0 unspecified atom stereocenters. The summed E-state index contributed by atoms with van der Waals surface area (Å²) >= 11 is 10.7. The standard InChI is InChI=1S/C8H6S.C7H5NS.2C6H4S2/c1-2-4-8-7(3-1)5-6-9-8;1-2-4-7-6(3-1)8-5-9-7;1-3-7-6-2-4-8-5(1)6;1-3-7-6-5(1)2-4-8-6/h1-6H;1-5H;2*1-4H. The van der Waals surface area contributed by atoms with Gasteiger partial charge in [0, 0.05) is 19.5 Å². The fourth-order valence-electron chi connectivity index (χ4n) is 3.10. The van der Waals surface area contributed by atoms with E-state index in [4.69, 9.17) is 0 Å². The maximum atomic E-state index is 4.14. The number of para-hydroxylation sites is 1. The molecule has 8 aromatic rings. The van der Waals surface area contributed by atoms with Crippen molar-refractivity contribution in [3.63, 3.8) is 0 Å². The van der Waals surface area contributed by atoms with Crippen molar-refractivity contribution in [1.29, 1.82) is 0 Å². The summed E-state index contributed by atoms with van der Waals surface area (Å²) in [5.74, 6) is 0. The molecule has 8 rings (SSSR count). The van der Waals surface area contributed by atoms with Crippen LogP contribution < -0.4 is 0 Å². The van der Waals surface area contributed by atoms with Crippen LogP contribution in [0.2, 0.25) is 0 Å². The first kappa shape index (κ1) is 23.4. The molecule has 1 nitrogen and oxygen atoms in total. The Balaban J connectivity index is 0.0000000945. The Labute approximate surface area is 221 Å². The summed E-state index contributed by atoms with van der Waals surface area (Å²) < 4.78 is 6.89. The van der Waals surface area contributed by atoms with Gasteiger partial charge < -0.3 is 0 Å². The first-order chi connectivity index (χ1) is 16.9. The molecule has 168 valence electrons. The van der Waals surface area contributed by atoms with Gasteiger partial charge in [-0.3, -0.25) is 0 Å². The summed E-state index contributed by atoms with van der Waals surface area (Å²) in [6.07, 6.45) is 0. The van der Waals surface area contributed by atoms with Gasteiger partial charge in [0.1, 0.15) is 0 Å². The van der Waals surface area contributed by atoms with Crippen LogP contribution in [-0.2, 0) is 0 Å². The van der Waals surface area contributed by atoms with Crippen molar-refractivity contribution in [2.24, 2.45) is 0 Å². The van der Waals surface area contributed by atoms with E-state index in [0.29, 0.717) is 0 Å². The number of hydrogen-bond donors (Lipinski definition) is 0. The van der Waals surface area contributed by atoms with E-state index in [1.807, 2.05) is 46.4 Å². The zero-order valence-electron chi connectivity index (χ0n) is 17.9. The van der Waals surface area contributed by atoms with Gasteiger partial charge in [-0.2, -0.15) is 0 Å². The zero-order chi connectivity index (χ0) is 23.0. The molecule has 6 aromatic heterocycles. The number of aromatic nitrogens is 1. The monoisotopic (exact) mass is 549 g/mol. The zero-order valence-corrected chi connectivity index (χ0v) is 22.8. The van der Waals surface area contributed by atoms with Gasteiger partial charge in [0.15, 0.2) is 0 Å². The molecular formula is C27H19NS6. The maximum absolute atomic E-state index is 4.14. The first-order valence-electron chi connectivity index (χ1n) is 10.4. The van der Waals surface area contributed by atoms with Gasteiger partial charge in [0.05, 0.1) is 19.7 Å². The van der Waals surface area contributed by atoms with E-state index in [1.165, 1.54) is 33.6 Å². The van der Waals surface area contributed by atoms with Crippen molar-refractivity contribution >= 4 is 107 Å². The lowest BCUT2D eigenvalue weighted by atomic mass is 10.3. The van der Waals surface area contributed by atoms with Gasteiger partial charge in [-0.05, 0) is 80.8 Å². The van der Waals surface area contributed by atoms with E-state index in [0.717, 1.165) is 5.52 Å². The minimum absolute atomic E-state index is 1.10. The van der Waals surface area contributed by atoms with Crippen LogP contribution in [0.25, 0.3) is 39.1 Å². The number of thiazole rings is 1. The molecule has 2 aromatic carbocycles. The van der Waals surface area contributed by atoms with Crippen LogP contribution in [0.15, 0.2) is 111 Å². The molecule has 0 radical (unpaired) electrons. The Kier molecular flexibility index (Phi) is 8.13. The predicted octanol–water partition coefficient (Wildman–Crippen LogP) is 11.1. The molecule has 0 spiro atoms. The summed E-state index contributed by atoms with van der Waals surface area (Å²) in [4.78, 5) is 4.14. The maximum Gasteiger partial charge on any atom is 0.0864 e. The molecule has 34 heavy (non-hydrogen) atoms. The first-order valence-corrected chi connectivity index (χ1v) is 15.7. The Morgan fingerprint density at radius 1 is 0.412 bits per heavy atom. The molecule has 0 saturated heterocycles. The van der Waals surface area contributed by atoms with Crippen molar-refractivity contribution in [3.8, 4) is 0 Å². The Bertz CT molecular complexity index is 1400. The van der Waals surface area contributed by atoms with Crippen molar-refractivity contribution in [3.05, 3.63) is 111 Å². The highest BCUT2D eigenvalue weighted by molar-refractivity contribution is 7.36. The van der Waals surface area contributed by atoms with Crippen LogP contribution in [0.4, 0.5) is 0 Å². The Morgan fingerprint density at radius 2 is 0.971 bits per heavy atom. The van der Waals surface area contributed by atoms with Gasteiger partial charge in [-0.25, -0.2) is 4.98 Å². The largest absolute Gasteiger partial charge is 0.245 e. The van der Waals surface area contributed by atoms with E-state index in [-0.39, 0.29) is 0 Å². The summed E-state index contributed by atoms with van der Waals surface area (Å²) in [7, 11) is 0. The third kappa shape index (κ3) is 5.99. The normalized spacial score (nSPS) is 10.4. The van der Waals surface area contributed by atoms with E-state index in [1.54, 1.807) is 45.3 Å². The molecule has 6 heterocycles. The molecule has 0 atom stereocenters. The molecule has 0 aliphatic carbocycles. The van der Waals surface area contributed by atoms with E-state index >= 15 is 0 Å². The van der Waals surface area contributed by atoms with Crippen LogP contribution in [0.1, 0.15) is 0 Å². The van der Waals surface area contributed by atoms with Crippen LogP contribution in [-0.4, -0.2) is 4.98 Å². The van der Waals surface area contributed by atoms with Gasteiger partial charge >= 0.3 is 0 Å². The summed E-state index contributed by atoms with van der Waals surface area (Å²) in [6, 6.07) is 27.3. The van der Waals surface area contributed by atoms with E-state index in [9.17, 15) is 0 Å². The van der Waals surface area contributed by atoms with Crippen LogP contribution in [0, 0.1) is 0 Å². The average Bonchev–Trinajstić information content (AvgIpc) is 3.70. The lowest BCUT2D eigenvalue weighted by Gasteiger charge is -1.82. The predicted molar refractivity (Wildman–Crippen MR) is 161 cm³/mol.